The van der Waals surface area contributed by atoms with Crippen LogP contribution >= 0.6 is 0 Å². The van der Waals surface area contributed by atoms with E-state index in [1.807, 2.05) is 54.7 Å². The molecule has 2 aromatic carbocycles. The molecule has 1 amide bonds. The molecule has 1 N–H and O–H groups in total. The summed E-state index contributed by atoms with van der Waals surface area (Å²) in [7, 11) is 1.65. The van der Waals surface area contributed by atoms with E-state index in [-0.39, 0.29) is 11.8 Å². The van der Waals surface area contributed by atoms with Crippen LogP contribution in [-0.2, 0) is 11.3 Å². The van der Waals surface area contributed by atoms with Crippen molar-refractivity contribution in [2.45, 2.75) is 18.9 Å². The molecule has 0 fully saturated rings. The maximum absolute atomic E-state index is 12.8. The Morgan fingerprint density at radius 3 is 2.59 bits per heavy atom. The molecule has 0 saturated carbocycles. The van der Waals surface area contributed by atoms with Crippen molar-refractivity contribution in [3.63, 3.8) is 0 Å². The molecule has 0 spiro atoms. The quantitative estimate of drug-likeness (QED) is 0.527. The number of methoxy groups -OCH3 is 1. The molecule has 4 aromatic rings. The first-order valence-corrected chi connectivity index (χ1v) is 9.47. The number of carbonyl (C=O) groups is 1. The highest BCUT2D eigenvalue weighted by Gasteiger charge is 2.18. The van der Waals surface area contributed by atoms with Gasteiger partial charge in [-0.15, -0.1) is 0 Å². The van der Waals surface area contributed by atoms with Gasteiger partial charge in [0.15, 0.2) is 5.65 Å². The summed E-state index contributed by atoms with van der Waals surface area (Å²) in [5, 5.41) is 7.27. The lowest BCUT2D eigenvalue weighted by Gasteiger charge is -2.18. The summed E-state index contributed by atoms with van der Waals surface area (Å²) in [4.78, 5) is 17.1. The second-order valence-electron chi connectivity index (χ2n) is 6.77. The number of fused-ring (bicyclic) bond motifs is 1. The van der Waals surface area contributed by atoms with E-state index in [9.17, 15) is 4.79 Å². The zero-order valence-corrected chi connectivity index (χ0v) is 16.2. The van der Waals surface area contributed by atoms with E-state index in [1.54, 1.807) is 24.0 Å². The van der Waals surface area contributed by atoms with E-state index < -0.39 is 0 Å². The van der Waals surface area contributed by atoms with Crippen LogP contribution in [0, 0.1) is 0 Å². The molecule has 4 rings (SSSR count). The predicted molar refractivity (Wildman–Crippen MR) is 111 cm³/mol. The van der Waals surface area contributed by atoms with Crippen molar-refractivity contribution < 1.29 is 9.53 Å². The molecule has 0 bridgehead atoms. The first-order valence-electron chi connectivity index (χ1n) is 9.47. The summed E-state index contributed by atoms with van der Waals surface area (Å²) in [5.41, 5.74) is 3.82. The molecule has 0 saturated heterocycles. The molecule has 6 nitrogen and oxygen atoms in total. The van der Waals surface area contributed by atoms with Crippen molar-refractivity contribution in [1.82, 2.24) is 19.9 Å². The van der Waals surface area contributed by atoms with Crippen LogP contribution < -0.4 is 10.1 Å². The first kappa shape index (κ1) is 18.7. The molecule has 6 heteroatoms. The van der Waals surface area contributed by atoms with E-state index in [4.69, 9.17) is 4.74 Å². The van der Waals surface area contributed by atoms with Crippen LogP contribution in [-0.4, -0.2) is 27.6 Å². The Bertz CT molecular complexity index is 1090. The SMILES string of the molecule is COc1ccc([C@@H](CC(=O)NCc2cnn3cccnc23)c2ccccc2)cc1. The van der Waals surface area contributed by atoms with Crippen molar-refractivity contribution in [1.29, 1.82) is 0 Å². The van der Waals surface area contributed by atoms with E-state index >= 15 is 0 Å². The van der Waals surface area contributed by atoms with Crippen LogP contribution in [0.1, 0.15) is 29.0 Å². The van der Waals surface area contributed by atoms with Gasteiger partial charge < -0.3 is 10.1 Å². The molecule has 0 aliphatic heterocycles. The Kier molecular flexibility index (Phi) is 5.52. The van der Waals surface area contributed by atoms with Crippen molar-refractivity contribution in [2.75, 3.05) is 7.11 Å². The summed E-state index contributed by atoms with van der Waals surface area (Å²) >= 11 is 0. The predicted octanol–water partition coefficient (Wildman–Crippen LogP) is 3.58. The number of hydrogen-bond donors (Lipinski definition) is 1. The molecular formula is C23H22N4O2. The van der Waals surface area contributed by atoms with Crippen molar-refractivity contribution in [3.8, 4) is 5.75 Å². The Morgan fingerprint density at radius 1 is 1.07 bits per heavy atom. The second kappa shape index (κ2) is 8.56. The number of benzene rings is 2. The molecule has 0 aliphatic rings. The fourth-order valence-corrected chi connectivity index (χ4v) is 3.40. The van der Waals surface area contributed by atoms with E-state index in [0.717, 1.165) is 28.1 Å². The lowest BCUT2D eigenvalue weighted by Crippen LogP contribution is -2.25. The van der Waals surface area contributed by atoms with Gasteiger partial charge in [-0.05, 0) is 29.3 Å². The highest BCUT2D eigenvalue weighted by Crippen LogP contribution is 2.29. The lowest BCUT2D eigenvalue weighted by molar-refractivity contribution is -0.121. The summed E-state index contributed by atoms with van der Waals surface area (Å²) in [6, 6.07) is 19.8. The Morgan fingerprint density at radius 2 is 1.83 bits per heavy atom. The topological polar surface area (TPSA) is 68.5 Å². The molecule has 2 heterocycles. The van der Waals surface area contributed by atoms with E-state index in [2.05, 4.69) is 27.5 Å². The van der Waals surface area contributed by atoms with Gasteiger partial charge in [0.1, 0.15) is 5.75 Å². The van der Waals surface area contributed by atoms with Gasteiger partial charge in [-0.25, -0.2) is 9.50 Å². The number of nitrogens with one attached hydrogen (secondary N) is 1. The number of aromatic nitrogens is 3. The van der Waals surface area contributed by atoms with Crippen LogP contribution in [0.3, 0.4) is 0 Å². The summed E-state index contributed by atoms with van der Waals surface area (Å²) in [5.74, 6) is 0.736. The maximum atomic E-state index is 12.8. The van der Waals surface area contributed by atoms with Crippen molar-refractivity contribution in [3.05, 3.63) is 95.9 Å². The molecule has 1 atom stereocenters. The second-order valence-corrected chi connectivity index (χ2v) is 6.77. The number of ether oxygens (including phenoxy) is 1. The minimum absolute atomic E-state index is 0.0232. The van der Waals surface area contributed by atoms with E-state index in [1.165, 1.54) is 0 Å². The average Bonchev–Trinajstić information content (AvgIpc) is 3.20. The van der Waals surface area contributed by atoms with Gasteiger partial charge >= 0.3 is 0 Å². The Labute approximate surface area is 169 Å². The molecular weight excluding hydrogens is 364 g/mol. The molecule has 29 heavy (non-hydrogen) atoms. The number of amides is 1. The minimum Gasteiger partial charge on any atom is -0.497 e. The largest absolute Gasteiger partial charge is 0.497 e. The summed E-state index contributed by atoms with van der Waals surface area (Å²) < 4.78 is 6.96. The highest BCUT2D eigenvalue weighted by atomic mass is 16.5. The summed E-state index contributed by atoms with van der Waals surface area (Å²) in [6.07, 6.45) is 5.64. The molecule has 0 unspecified atom stereocenters. The van der Waals surface area contributed by atoms with Crippen LogP contribution in [0.2, 0.25) is 0 Å². The summed E-state index contributed by atoms with van der Waals surface area (Å²) in [6.45, 7) is 0.392. The van der Waals surface area contributed by atoms with Crippen LogP contribution in [0.25, 0.3) is 5.65 Å². The lowest BCUT2D eigenvalue weighted by atomic mass is 9.88. The van der Waals surface area contributed by atoms with Gasteiger partial charge in [-0.1, -0.05) is 42.5 Å². The number of hydrogen-bond acceptors (Lipinski definition) is 4. The minimum atomic E-state index is -0.0378. The number of carbonyl (C=O) groups excluding carboxylic acids is 1. The van der Waals surface area contributed by atoms with Gasteiger partial charge in [0.05, 0.1) is 13.3 Å². The first-order chi connectivity index (χ1) is 14.2. The van der Waals surface area contributed by atoms with Gasteiger partial charge in [0.25, 0.3) is 0 Å². The van der Waals surface area contributed by atoms with Crippen LogP contribution in [0.15, 0.2) is 79.3 Å². The normalized spacial score (nSPS) is 11.9. The zero-order chi connectivity index (χ0) is 20.1. The van der Waals surface area contributed by atoms with Gasteiger partial charge in [0.2, 0.25) is 5.91 Å². The zero-order valence-electron chi connectivity index (χ0n) is 16.2. The fraction of sp³-hybridized carbons (Fsp3) is 0.174. The van der Waals surface area contributed by atoms with Crippen molar-refractivity contribution in [2.24, 2.45) is 0 Å². The third-order valence-electron chi connectivity index (χ3n) is 4.94. The molecule has 2 aromatic heterocycles. The van der Waals surface area contributed by atoms with Crippen LogP contribution in [0.4, 0.5) is 0 Å². The van der Waals surface area contributed by atoms with Crippen LogP contribution in [0.5, 0.6) is 5.75 Å². The maximum Gasteiger partial charge on any atom is 0.221 e. The van der Waals surface area contributed by atoms with E-state index in [0.29, 0.717) is 13.0 Å². The average molecular weight is 386 g/mol. The van der Waals surface area contributed by atoms with Gasteiger partial charge in [-0.2, -0.15) is 5.10 Å². The van der Waals surface area contributed by atoms with Gasteiger partial charge in [0, 0.05) is 36.8 Å². The standard InChI is InChI=1S/C23H22N4O2/c1-29-20-10-8-18(9-11-20)21(17-6-3-2-4-7-17)14-22(28)25-15-19-16-26-27-13-5-12-24-23(19)27/h2-13,16,21H,14-15H2,1H3,(H,25,28)/t21-/m0/s1. The number of nitrogens with zero attached hydrogens (tertiary/aromatic N) is 3. The molecule has 0 radical (unpaired) electrons. The number of rotatable bonds is 7. The Hall–Kier alpha value is -3.67. The Balaban J connectivity index is 1.50. The van der Waals surface area contributed by atoms with Gasteiger partial charge in [-0.3, -0.25) is 4.79 Å². The third kappa shape index (κ3) is 4.27. The highest BCUT2D eigenvalue weighted by molar-refractivity contribution is 5.77. The molecule has 0 aliphatic carbocycles. The smallest absolute Gasteiger partial charge is 0.221 e. The van der Waals surface area contributed by atoms with Crippen molar-refractivity contribution >= 4 is 11.6 Å². The fourth-order valence-electron chi connectivity index (χ4n) is 3.40. The monoisotopic (exact) mass is 386 g/mol. The molecule has 146 valence electrons. The third-order valence-corrected chi connectivity index (χ3v) is 4.94.